The van der Waals surface area contributed by atoms with Crippen LogP contribution >= 0.6 is 22.6 Å². The predicted molar refractivity (Wildman–Crippen MR) is 91.2 cm³/mol. The van der Waals surface area contributed by atoms with Gasteiger partial charge in [-0.05, 0) is 34.2 Å². The van der Waals surface area contributed by atoms with E-state index >= 15 is 0 Å². The van der Waals surface area contributed by atoms with Crippen molar-refractivity contribution in [1.82, 2.24) is 9.78 Å². The minimum absolute atomic E-state index is 0.686. The number of benzene rings is 2. The molecule has 20 heavy (non-hydrogen) atoms. The Morgan fingerprint density at radius 3 is 2.35 bits per heavy atom. The Kier molecular flexibility index (Phi) is 3.48. The van der Waals surface area contributed by atoms with Gasteiger partial charge >= 0.3 is 0 Å². The molecule has 0 saturated heterocycles. The van der Waals surface area contributed by atoms with Gasteiger partial charge in [-0.15, -0.1) is 0 Å². The first-order valence-electron chi connectivity index (χ1n) is 6.31. The minimum atomic E-state index is 0.686. The van der Waals surface area contributed by atoms with Gasteiger partial charge in [0, 0.05) is 16.2 Å². The number of nitrogens with two attached hydrogens (primary N) is 1. The van der Waals surface area contributed by atoms with E-state index in [1.165, 1.54) is 3.57 Å². The Bertz CT molecular complexity index is 748. The summed E-state index contributed by atoms with van der Waals surface area (Å²) in [7, 11) is 1.88. The van der Waals surface area contributed by atoms with Gasteiger partial charge in [-0.1, -0.05) is 48.5 Å². The number of rotatable bonds is 2. The van der Waals surface area contributed by atoms with Crippen LogP contribution in [0.3, 0.4) is 0 Å². The van der Waals surface area contributed by atoms with Crippen LogP contribution in [0.4, 0.5) is 5.82 Å². The minimum Gasteiger partial charge on any atom is -0.383 e. The fourth-order valence-electron chi connectivity index (χ4n) is 2.27. The quantitative estimate of drug-likeness (QED) is 0.690. The molecule has 3 aromatic rings. The topological polar surface area (TPSA) is 43.8 Å². The van der Waals surface area contributed by atoms with Crippen molar-refractivity contribution in [3.63, 3.8) is 0 Å². The molecule has 0 aliphatic carbocycles. The van der Waals surface area contributed by atoms with Crippen molar-refractivity contribution in [1.29, 1.82) is 0 Å². The molecule has 2 aromatic carbocycles. The first kappa shape index (κ1) is 13.2. The SMILES string of the molecule is Cn1nc(-c2ccccc2I)c(-c2ccccc2)c1N. The highest BCUT2D eigenvalue weighted by Crippen LogP contribution is 2.37. The predicted octanol–water partition coefficient (Wildman–Crippen LogP) is 3.94. The van der Waals surface area contributed by atoms with Crippen LogP contribution in [0.5, 0.6) is 0 Å². The van der Waals surface area contributed by atoms with Crippen LogP contribution in [0.15, 0.2) is 54.6 Å². The summed E-state index contributed by atoms with van der Waals surface area (Å²) in [6.45, 7) is 0. The first-order chi connectivity index (χ1) is 9.68. The maximum absolute atomic E-state index is 6.22. The van der Waals surface area contributed by atoms with Gasteiger partial charge in [0.15, 0.2) is 0 Å². The molecule has 100 valence electrons. The fourth-order valence-corrected chi connectivity index (χ4v) is 2.91. The van der Waals surface area contributed by atoms with Crippen molar-refractivity contribution in [3.05, 3.63) is 58.2 Å². The lowest BCUT2D eigenvalue weighted by atomic mass is 10.0. The molecule has 0 saturated carbocycles. The Morgan fingerprint density at radius 2 is 1.65 bits per heavy atom. The van der Waals surface area contributed by atoms with E-state index in [0.717, 1.165) is 22.4 Å². The number of anilines is 1. The molecule has 0 spiro atoms. The molecule has 0 amide bonds. The van der Waals surface area contributed by atoms with Crippen LogP contribution in [0, 0.1) is 3.57 Å². The zero-order valence-electron chi connectivity index (χ0n) is 11.0. The van der Waals surface area contributed by atoms with E-state index in [4.69, 9.17) is 5.73 Å². The molecular weight excluding hydrogens is 361 g/mol. The molecule has 4 heteroatoms. The zero-order chi connectivity index (χ0) is 14.1. The summed E-state index contributed by atoms with van der Waals surface area (Å²) < 4.78 is 2.90. The fraction of sp³-hybridized carbons (Fsp3) is 0.0625. The van der Waals surface area contributed by atoms with Crippen molar-refractivity contribution in [2.24, 2.45) is 7.05 Å². The monoisotopic (exact) mass is 375 g/mol. The molecule has 2 N–H and O–H groups in total. The Hall–Kier alpha value is -1.82. The molecular formula is C16H14IN3. The van der Waals surface area contributed by atoms with Gasteiger partial charge in [-0.2, -0.15) is 5.10 Å². The van der Waals surface area contributed by atoms with Gasteiger partial charge in [0.25, 0.3) is 0 Å². The van der Waals surface area contributed by atoms with E-state index in [2.05, 4.69) is 52.0 Å². The van der Waals surface area contributed by atoms with Crippen molar-refractivity contribution < 1.29 is 0 Å². The molecule has 0 aliphatic heterocycles. The van der Waals surface area contributed by atoms with E-state index < -0.39 is 0 Å². The second-order valence-electron chi connectivity index (χ2n) is 4.58. The van der Waals surface area contributed by atoms with Crippen molar-refractivity contribution in [2.45, 2.75) is 0 Å². The summed E-state index contributed by atoms with van der Waals surface area (Å²) in [6.07, 6.45) is 0. The first-order valence-corrected chi connectivity index (χ1v) is 7.39. The van der Waals surface area contributed by atoms with E-state index in [1.54, 1.807) is 4.68 Å². The molecule has 3 rings (SSSR count). The number of nitrogen functional groups attached to an aromatic ring is 1. The van der Waals surface area contributed by atoms with Crippen LogP contribution in [-0.2, 0) is 7.05 Å². The van der Waals surface area contributed by atoms with Gasteiger partial charge in [-0.3, -0.25) is 4.68 Å². The molecule has 0 fully saturated rings. The van der Waals surface area contributed by atoms with Crippen LogP contribution in [0.25, 0.3) is 22.4 Å². The van der Waals surface area contributed by atoms with Crippen molar-refractivity contribution in [3.8, 4) is 22.4 Å². The number of nitrogens with zero attached hydrogens (tertiary/aromatic N) is 2. The summed E-state index contributed by atoms with van der Waals surface area (Å²) in [5, 5.41) is 4.60. The van der Waals surface area contributed by atoms with Crippen LogP contribution in [-0.4, -0.2) is 9.78 Å². The van der Waals surface area contributed by atoms with Gasteiger partial charge in [-0.25, -0.2) is 0 Å². The second-order valence-corrected chi connectivity index (χ2v) is 5.74. The summed E-state index contributed by atoms with van der Waals surface area (Å²) >= 11 is 2.33. The zero-order valence-corrected chi connectivity index (χ0v) is 13.2. The number of halogens is 1. The average Bonchev–Trinajstić information content (AvgIpc) is 2.76. The Morgan fingerprint density at radius 1 is 1.00 bits per heavy atom. The molecule has 0 radical (unpaired) electrons. The number of aryl methyl sites for hydroxylation is 1. The number of aromatic nitrogens is 2. The highest BCUT2D eigenvalue weighted by atomic mass is 127. The lowest BCUT2D eigenvalue weighted by molar-refractivity contribution is 0.782. The standard InChI is InChI=1S/C16H14IN3/c1-20-16(18)14(11-7-3-2-4-8-11)15(19-20)12-9-5-6-10-13(12)17/h2-10H,18H2,1H3. The smallest absolute Gasteiger partial charge is 0.129 e. The van der Waals surface area contributed by atoms with Gasteiger partial charge < -0.3 is 5.73 Å². The lowest BCUT2D eigenvalue weighted by Crippen LogP contribution is -1.97. The van der Waals surface area contributed by atoms with E-state index in [9.17, 15) is 0 Å². The summed E-state index contributed by atoms with van der Waals surface area (Å²) in [4.78, 5) is 0. The average molecular weight is 375 g/mol. The molecule has 0 aliphatic rings. The van der Waals surface area contributed by atoms with E-state index in [-0.39, 0.29) is 0 Å². The molecule has 3 nitrogen and oxygen atoms in total. The van der Waals surface area contributed by atoms with Crippen LogP contribution in [0.1, 0.15) is 0 Å². The third-order valence-electron chi connectivity index (χ3n) is 3.28. The maximum atomic E-state index is 6.22. The summed E-state index contributed by atoms with van der Waals surface area (Å²) in [5.41, 5.74) is 10.4. The normalized spacial score (nSPS) is 10.7. The number of hydrogen-bond acceptors (Lipinski definition) is 2. The maximum Gasteiger partial charge on any atom is 0.129 e. The highest BCUT2D eigenvalue weighted by molar-refractivity contribution is 14.1. The Labute approximate surface area is 131 Å². The second kappa shape index (κ2) is 5.28. The largest absolute Gasteiger partial charge is 0.383 e. The molecule has 1 aromatic heterocycles. The van der Waals surface area contributed by atoms with E-state index in [0.29, 0.717) is 5.82 Å². The molecule has 1 heterocycles. The Balaban J connectivity index is 2.28. The highest BCUT2D eigenvalue weighted by Gasteiger charge is 2.18. The molecule has 0 bridgehead atoms. The summed E-state index contributed by atoms with van der Waals surface area (Å²) in [5.74, 6) is 0.686. The third kappa shape index (κ3) is 2.20. The van der Waals surface area contributed by atoms with Gasteiger partial charge in [0.05, 0.1) is 5.56 Å². The van der Waals surface area contributed by atoms with Crippen LogP contribution in [0.2, 0.25) is 0 Å². The third-order valence-corrected chi connectivity index (χ3v) is 4.22. The van der Waals surface area contributed by atoms with Crippen molar-refractivity contribution in [2.75, 3.05) is 5.73 Å². The van der Waals surface area contributed by atoms with E-state index in [1.807, 2.05) is 37.4 Å². The lowest BCUT2D eigenvalue weighted by Gasteiger charge is -2.05. The number of hydrogen-bond donors (Lipinski definition) is 1. The summed E-state index contributed by atoms with van der Waals surface area (Å²) in [6, 6.07) is 18.4. The van der Waals surface area contributed by atoms with Gasteiger partial charge in [0.1, 0.15) is 11.5 Å². The molecule has 0 unspecified atom stereocenters. The molecule has 0 atom stereocenters. The van der Waals surface area contributed by atoms with Crippen molar-refractivity contribution >= 4 is 28.4 Å². The van der Waals surface area contributed by atoms with Gasteiger partial charge in [0.2, 0.25) is 0 Å². The van der Waals surface area contributed by atoms with Crippen LogP contribution < -0.4 is 5.73 Å².